The lowest BCUT2D eigenvalue weighted by molar-refractivity contribution is 0.0212. The third-order valence-corrected chi connectivity index (χ3v) is 2.21. The van der Waals surface area contributed by atoms with E-state index in [0.29, 0.717) is 6.42 Å². The highest BCUT2D eigenvalue weighted by molar-refractivity contribution is 4.83. The molecule has 1 unspecified atom stereocenters. The molecule has 0 aromatic rings. The van der Waals surface area contributed by atoms with Crippen LogP contribution in [0.2, 0.25) is 0 Å². The van der Waals surface area contributed by atoms with Crippen LogP contribution in [0.4, 0.5) is 0 Å². The van der Waals surface area contributed by atoms with Crippen LogP contribution in [0.15, 0.2) is 0 Å². The van der Waals surface area contributed by atoms with Crippen molar-refractivity contribution in [3.05, 3.63) is 0 Å². The lowest BCUT2D eigenvalue weighted by atomic mass is 10.0. The van der Waals surface area contributed by atoms with E-state index in [2.05, 4.69) is 18.3 Å². The van der Waals surface area contributed by atoms with Crippen LogP contribution >= 0.6 is 0 Å². The molecule has 0 aliphatic carbocycles. The summed E-state index contributed by atoms with van der Waals surface area (Å²) in [7, 11) is 0. The van der Waals surface area contributed by atoms with Gasteiger partial charge in [-0.1, -0.05) is 0 Å². The van der Waals surface area contributed by atoms with Crippen molar-refractivity contribution in [2.75, 3.05) is 19.7 Å². The molecule has 0 bridgehead atoms. The zero-order valence-corrected chi connectivity index (χ0v) is 7.60. The summed E-state index contributed by atoms with van der Waals surface area (Å²) in [6, 6.07) is 2.10. The Balaban J connectivity index is 2.09. The maximum absolute atomic E-state index is 8.30. The van der Waals surface area contributed by atoms with E-state index in [1.54, 1.807) is 0 Å². The number of nitriles is 1. The van der Waals surface area contributed by atoms with Gasteiger partial charge in [0.2, 0.25) is 0 Å². The van der Waals surface area contributed by atoms with Crippen molar-refractivity contribution in [1.82, 2.24) is 5.32 Å². The number of nitrogens with one attached hydrogen (secondary N) is 1. The Kier molecular flexibility index (Phi) is 3.51. The molecule has 1 N–H and O–H groups in total. The molecule has 0 saturated carbocycles. The molecule has 1 aliphatic rings. The predicted octanol–water partition coefficient (Wildman–Crippen LogP) is 1.06. The number of nitrogens with zero attached hydrogens (tertiary/aromatic N) is 1. The van der Waals surface area contributed by atoms with Crippen LogP contribution < -0.4 is 5.32 Å². The van der Waals surface area contributed by atoms with Crippen LogP contribution in [0.5, 0.6) is 0 Å². The second-order valence-electron chi connectivity index (χ2n) is 3.49. The topological polar surface area (TPSA) is 45.0 Å². The Morgan fingerprint density at radius 2 is 2.50 bits per heavy atom. The van der Waals surface area contributed by atoms with Gasteiger partial charge in [0.25, 0.3) is 0 Å². The molecule has 1 fully saturated rings. The van der Waals surface area contributed by atoms with Gasteiger partial charge < -0.3 is 10.1 Å². The van der Waals surface area contributed by atoms with Gasteiger partial charge in [-0.05, 0) is 19.8 Å². The standard InChI is InChI=1S/C9H16N2O/c1-9(4-2-7-12-9)8-11-6-3-5-10/h11H,2-4,6-8H2,1H3. The zero-order chi connectivity index (χ0) is 8.86. The van der Waals surface area contributed by atoms with E-state index in [4.69, 9.17) is 10.00 Å². The molecular formula is C9H16N2O. The first-order valence-electron chi connectivity index (χ1n) is 4.48. The molecule has 0 spiro atoms. The van der Waals surface area contributed by atoms with Crippen LogP contribution in [0.3, 0.4) is 0 Å². The van der Waals surface area contributed by atoms with Gasteiger partial charge in [0.1, 0.15) is 0 Å². The quantitative estimate of drug-likeness (QED) is 0.638. The summed E-state index contributed by atoms with van der Waals surface area (Å²) in [4.78, 5) is 0. The lowest BCUT2D eigenvalue weighted by Crippen LogP contribution is -2.37. The van der Waals surface area contributed by atoms with E-state index < -0.39 is 0 Å². The van der Waals surface area contributed by atoms with Gasteiger partial charge in [-0.3, -0.25) is 0 Å². The monoisotopic (exact) mass is 168 g/mol. The molecule has 12 heavy (non-hydrogen) atoms. The predicted molar refractivity (Wildman–Crippen MR) is 46.7 cm³/mol. The Morgan fingerprint density at radius 3 is 3.08 bits per heavy atom. The zero-order valence-electron chi connectivity index (χ0n) is 7.60. The third-order valence-electron chi connectivity index (χ3n) is 2.21. The van der Waals surface area contributed by atoms with Crippen molar-refractivity contribution in [3.63, 3.8) is 0 Å². The molecule has 68 valence electrons. The minimum atomic E-state index is 0.0233. The van der Waals surface area contributed by atoms with E-state index >= 15 is 0 Å². The molecule has 0 aromatic carbocycles. The van der Waals surface area contributed by atoms with Gasteiger partial charge in [-0.2, -0.15) is 5.26 Å². The summed E-state index contributed by atoms with van der Waals surface area (Å²) in [6.45, 7) is 4.65. The first-order chi connectivity index (χ1) is 5.77. The van der Waals surface area contributed by atoms with E-state index in [-0.39, 0.29) is 5.60 Å². The highest BCUT2D eigenvalue weighted by Crippen LogP contribution is 2.23. The van der Waals surface area contributed by atoms with Gasteiger partial charge >= 0.3 is 0 Å². The summed E-state index contributed by atoms with van der Waals surface area (Å²) in [5, 5.41) is 11.5. The summed E-state index contributed by atoms with van der Waals surface area (Å²) in [5.41, 5.74) is 0.0233. The van der Waals surface area contributed by atoms with Gasteiger partial charge in [0, 0.05) is 26.1 Å². The van der Waals surface area contributed by atoms with Crippen molar-refractivity contribution >= 4 is 0 Å². The molecule has 3 heteroatoms. The van der Waals surface area contributed by atoms with Crippen LogP contribution in [0, 0.1) is 11.3 Å². The lowest BCUT2D eigenvalue weighted by Gasteiger charge is -2.23. The second kappa shape index (κ2) is 4.44. The van der Waals surface area contributed by atoms with Crippen molar-refractivity contribution in [3.8, 4) is 6.07 Å². The SMILES string of the molecule is CC1(CNCCC#N)CCCO1. The molecule has 0 radical (unpaired) electrons. The van der Waals surface area contributed by atoms with Crippen molar-refractivity contribution in [2.24, 2.45) is 0 Å². The average Bonchev–Trinajstić information content (AvgIpc) is 2.47. The van der Waals surface area contributed by atoms with Crippen LogP contribution in [-0.2, 0) is 4.74 Å². The summed E-state index contributed by atoms with van der Waals surface area (Å²) >= 11 is 0. The molecular weight excluding hydrogens is 152 g/mol. The van der Waals surface area contributed by atoms with Crippen molar-refractivity contribution < 1.29 is 4.74 Å². The summed E-state index contributed by atoms with van der Waals surface area (Å²) in [6.07, 6.45) is 2.87. The van der Waals surface area contributed by atoms with Crippen LogP contribution in [0.1, 0.15) is 26.2 Å². The van der Waals surface area contributed by atoms with Gasteiger partial charge in [0.15, 0.2) is 0 Å². The number of rotatable bonds is 4. The largest absolute Gasteiger partial charge is 0.374 e. The molecule has 1 saturated heterocycles. The first-order valence-corrected chi connectivity index (χ1v) is 4.48. The fraction of sp³-hybridized carbons (Fsp3) is 0.889. The van der Waals surface area contributed by atoms with Gasteiger partial charge in [0.05, 0.1) is 11.7 Å². The van der Waals surface area contributed by atoms with E-state index in [0.717, 1.165) is 32.5 Å². The minimum Gasteiger partial charge on any atom is -0.374 e. The van der Waals surface area contributed by atoms with Gasteiger partial charge in [-0.25, -0.2) is 0 Å². The normalized spacial score (nSPS) is 28.7. The Morgan fingerprint density at radius 1 is 1.67 bits per heavy atom. The number of hydrogen-bond donors (Lipinski definition) is 1. The third kappa shape index (κ3) is 2.80. The van der Waals surface area contributed by atoms with E-state index in [1.807, 2.05) is 0 Å². The smallest absolute Gasteiger partial charge is 0.0779 e. The molecule has 3 nitrogen and oxygen atoms in total. The second-order valence-corrected chi connectivity index (χ2v) is 3.49. The van der Waals surface area contributed by atoms with Crippen LogP contribution in [-0.4, -0.2) is 25.3 Å². The van der Waals surface area contributed by atoms with E-state index in [9.17, 15) is 0 Å². The molecule has 1 aliphatic heterocycles. The van der Waals surface area contributed by atoms with Crippen LogP contribution in [0.25, 0.3) is 0 Å². The number of hydrogen-bond acceptors (Lipinski definition) is 3. The van der Waals surface area contributed by atoms with Crippen molar-refractivity contribution in [2.45, 2.75) is 31.8 Å². The fourth-order valence-electron chi connectivity index (χ4n) is 1.47. The maximum Gasteiger partial charge on any atom is 0.0779 e. The summed E-state index contributed by atoms with van der Waals surface area (Å²) in [5.74, 6) is 0. The van der Waals surface area contributed by atoms with Crippen molar-refractivity contribution in [1.29, 1.82) is 5.26 Å². The maximum atomic E-state index is 8.30. The molecule has 1 rings (SSSR count). The minimum absolute atomic E-state index is 0.0233. The molecule has 0 amide bonds. The molecule has 0 aromatic heterocycles. The summed E-state index contributed by atoms with van der Waals surface area (Å²) < 4.78 is 5.58. The number of ether oxygens (including phenoxy) is 1. The van der Waals surface area contributed by atoms with E-state index in [1.165, 1.54) is 0 Å². The van der Waals surface area contributed by atoms with Gasteiger partial charge in [-0.15, -0.1) is 0 Å². The molecule has 1 heterocycles. The Labute approximate surface area is 73.7 Å². The highest BCUT2D eigenvalue weighted by Gasteiger charge is 2.28. The Hall–Kier alpha value is -0.590. The highest BCUT2D eigenvalue weighted by atomic mass is 16.5. The first kappa shape index (κ1) is 9.50. The average molecular weight is 168 g/mol. The fourth-order valence-corrected chi connectivity index (χ4v) is 1.47. The molecule has 1 atom stereocenters. The Bertz CT molecular complexity index is 168.